The van der Waals surface area contributed by atoms with Crippen LogP contribution in [0.3, 0.4) is 0 Å². The summed E-state index contributed by atoms with van der Waals surface area (Å²) in [6, 6.07) is 5.90. The highest BCUT2D eigenvalue weighted by Crippen LogP contribution is 2.24. The van der Waals surface area contributed by atoms with Gasteiger partial charge in [-0.05, 0) is 18.6 Å². The lowest BCUT2D eigenvalue weighted by Gasteiger charge is -2.16. The molecule has 1 aromatic carbocycles. The number of carbonyl (C=O) groups excluding carboxylic acids is 1. The Balaban J connectivity index is 2.24. The third kappa shape index (κ3) is 4.63. The van der Waals surface area contributed by atoms with Crippen molar-refractivity contribution >= 4 is 11.6 Å². The maximum atomic E-state index is 12.6. The highest BCUT2D eigenvalue weighted by atomic mass is 16.6. The number of aromatic nitrogens is 2. The monoisotopic (exact) mass is 345 g/mol. The maximum absolute atomic E-state index is 12.6. The van der Waals surface area contributed by atoms with Gasteiger partial charge in [-0.2, -0.15) is 5.10 Å². The number of unbranched alkanes of at least 4 members (excludes halogenated alkanes) is 1. The van der Waals surface area contributed by atoms with Crippen LogP contribution in [0.25, 0.3) is 11.3 Å². The Morgan fingerprint density at radius 1 is 1.40 bits per heavy atom. The molecule has 2 aromatic rings. The van der Waals surface area contributed by atoms with Crippen LogP contribution in [0.4, 0.5) is 5.69 Å². The number of carbonyl (C=O) groups is 1. The van der Waals surface area contributed by atoms with Crippen LogP contribution >= 0.6 is 0 Å². The first-order chi connectivity index (χ1) is 12.0. The summed E-state index contributed by atoms with van der Waals surface area (Å²) in [5.41, 5.74) is 7.29. The molecule has 0 spiro atoms. The number of amides is 1. The first-order valence-corrected chi connectivity index (χ1v) is 8.25. The summed E-state index contributed by atoms with van der Waals surface area (Å²) in [7, 11) is 1.73. The van der Waals surface area contributed by atoms with Gasteiger partial charge in [0, 0.05) is 43.5 Å². The van der Waals surface area contributed by atoms with Gasteiger partial charge in [-0.1, -0.05) is 19.8 Å². The molecule has 0 radical (unpaired) electrons. The molecule has 0 bridgehead atoms. The number of rotatable bonds is 8. The number of nitrogens with two attached hydrogens (primary N) is 1. The number of hydrogen-bond acceptors (Lipinski definition) is 5. The molecular formula is C17H23N5O3. The molecular weight excluding hydrogens is 322 g/mol. The van der Waals surface area contributed by atoms with Crippen molar-refractivity contribution in [2.45, 2.75) is 32.2 Å². The lowest BCUT2D eigenvalue weighted by atomic mass is 10.1. The lowest BCUT2D eigenvalue weighted by Crippen LogP contribution is -2.40. The van der Waals surface area contributed by atoms with E-state index in [1.165, 1.54) is 12.1 Å². The zero-order valence-electron chi connectivity index (χ0n) is 14.4. The Morgan fingerprint density at radius 2 is 2.08 bits per heavy atom. The second-order valence-electron chi connectivity index (χ2n) is 5.92. The summed E-state index contributed by atoms with van der Waals surface area (Å²) in [4.78, 5) is 22.9. The highest BCUT2D eigenvalue weighted by molar-refractivity contribution is 6.00. The molecule has 0 aliphatic carbocycles. The molecule has 0 fully saturated rings. The largest absolute Gasteiger partial charge is 0.348 e. The molecule has 0 saturated heterocycles. The fourth-order valence-corrected chi connectivity index (χ4v) is 2.57. The maximum Gasteiger partial charge on any atom is 0.269 e. The number of hydrogen-bond donors (Lipinski definition) is 2. The SMILES string of the molecule is CCCCC(CN)NC(=O)c1cn(C)nc1-c1ccc([N+](=O)[O-])cc1. The number of non-ortho nitro benzene ring substituents is 1. The van der Waals surface area contributed by atoms with Crippen molar-refractivity contribution in [2.75, 3.05) is 6.54 Å². The van der Waals surface area contributed by atoms with E-state index in [0.29, 0.717) is 23.4 Å². The smallest absolute Gasteiger partial charge is 0.269 e. The lowest BCUT2D eigenvalue weighted by molar-refractivity contribution is -0.384. The van der Waals surface area contributed by atoms with Gasteiger partial charge < -0.3 is 11.1 Å². The molecule has 25 heavy (non-hydrogen) atoms. The minimum atomic E-state index is -0.463. The molecule has 0 aliphatic rings. The molecule has 2 rings (SSSR count). The number of nitro groups is 1. The van der Waals surface area contributed by atoms with Crippen LogP contribution in [0.5, 0.6) is 0 Å². The third-order valence-electron chi connectivity index (χ3n) is 3.95. The van der Waals surface area contributed by atoms with Crippen LogP contribution in [-0.2, 0) is 7.05 Å². The van der Waals surface area contributed by atoms with E-state index in [9.17, 15) is 14.9 Å². The Hall–Kier alpha value is -2.74. The summed E-state index contributed by atoms with van der Waals surface area (Å²) >= 11 is 0. The van der Waals surface area contributed by atoms with E-state index in [1.807, 2.05) is 0 Å². The Bertz CT molecular complexity index is 739. The number of nitro benzene ring substituents is 1. The van der Waals surface area contributed by atoms with Crippen LogP contribution < -0.4 is 11.1 Å². The van der Waals surface area contributed by atoms with E-state index in [0.717, 1.165) is 19.3 Å². The zero-order valence-corrected chi connectivity index (χ0v) is 14.4. The van der Waals surface area contributed by atoms with Crippen molar-refractivity contribution in [1.82, 2.24) is 15.1 Å². The molecule has 0 saturated carbocycles. The van der Waals surface area contributed by atoms with E-state index in [2.05, 4.69) is 17.3 Å². The number of aryl methyl sites for hydroxylation is 1. The minimum absolute atomic E-state index is 0.00607. The van der Waals surface area contributed by atoms with E-state index >= 15 is 0 Å². The van der Waals surface area contributed by atoms with Gasteiger partial charge in [0.25, 0.3) is 11.6 Å². The Morgan fingerprint density at radius 3 is 2.64 bits per heavy atom. The minimum Gasteiger partial charge on any atom is -0.348 e. The summed E-state index contributed by atoms with van der Waals surface area (Å²) < 4.78 is 1.55. The van der Waals surface area contributed by atoms with Crippen LogP contribution in [0.1, 0.15) is 36.5 Å². The average Bonchev–Trinajstić information content (AvgIpc) is 3.00. The molecule has 1 heterocycles. The first-order valence-electron chi connectivity index (χ1n) is 8.25. The summed E-state index contributed by atoms with van der Waals surface area (Å²) in [5.74, 6) is -0.243. The number of nitrogens with one attached hydrogen (secondary N) is 1. The van der Waals surface area contributed by atoms with Gasteiger partial charge in [0.1, 0.15) is 5.69 Å². The highest BCUT2D eigenvalue weighted by Gasteiger charge is 2.20. The topological polar surface area (TPSA) is 116 Å². The van der Waals surface area contributed by atoms with Gasteiger partial charge in [-0.15, -0.1) is 0 Å². The summed E-state index contributed by atoms with van der Waals surface area (Å²) in [6.07, 6.45) is 4.49. The summed E-state index contributed by atoms with van der Waals surface area (Å²) in [6.45, 7) is 2.46. The van der Waals surface area contributed by atoms with Crippen LogP contribution in [0.15, 0.2) is 30.5 Å². The van der Waals surface area contributed by atoms with Crippen molar-refractivity contribution < 1.29 is 9.72 Å². The van der Waals surface area contributed by atoms with E-state index in [1.54, 1.807) is 30.1 Å². The third-order valence-corrected chi connectivity index (χ3v) is 3.95. The molecule has 1 atom stereocenters. The van der Waals surface area contributed by atoms with Gasteiger partial charge in [-0.3, -0.25) is 19.6 Å². The van der Waals surface area contributed by atoms with Crippen molar-refractivity contribution in [3.05, 3.63) is 46.1 Å². The standard InChI is InChI=1S/C17H23N5O3/c1-3-4-5-13(10-18)19-17(23)15-11-21(2)20-16(15)12-6-8-14(9-7-12)22(24)25/h6-9,11,13H,3-5,10,18H2,1-2H3,(H,19,23). The van der Waals surface area contributed by atoms with Crippen LogP contribution in [0.2, 0.25) is 0 Å². The number of nitrogens with zero attached hydrogens (tertiary/aromatic N) is 3. The van der Waals surface area contributed by atoms with Crippen molar-refractivity contribution in [3.8, 4) is 11.3 Å². The van der Waals surface area contributed by atoms with Gasteiger partial charge >= 0.3 is 0 Å². The quantitative estimate of drug-likeness (QED) is 0.562. The average molecular weight is 345 g/mol. The molecule has 3 N–H and O–H groups in total. The van der Waals surface area contributed by atoms with E-state index in [-0.39, 0.29) is 17.6 Å². The molecule has 1 unspecified atom stereocenters. The van der Waals surface area contributed by atoms with Gasteiger partial charge in [-0.25, -0.2) is 0 Å². The second-order valence-corrected chi connectivity index (χ2v) is 5.92. The molecule has 8 heteroatoms. The Labute approximate surface area is 146 Å². The summed E-state index contributed by atoms with van der Waals surface area (Å²) in [5, 5.41) is 18.1. The normalized spacial score (nSPS) is 12.0. The van der Waals surface area contributed by atoms with Crippen molar-refractivity contribution in [3.63, 3.8) is 0 Å². The predicted octanol–water partition coefficient (Wildman–Crippen LogP) is 2.24. The van der Waals surface area contributed by atoms with Crippen LogP contribution in [-0.4, -0.2) is 33.2 Å². The first kappa shape index (κ1) is 18.6. The zero-order chi connectivity index (χ0) is 18.4. The molecule has 134 valence electrons. The van der Waals surface area contributed by atoms with Crippen LogP contribution in [0, 0.1) is 10.1 Å². The Kier molecular flexibility index (Phi) is 6.24. The van der Waals surface area contributed by atoms with E-state index in [4.69, 9.17) is 5.73 Å². The fraction of sp³-hybridized carbons (Fsp3) is 0.412. The van der Waals surface area contributed by atoms with Gasteiger partial charge in [0.05, 0.1) is 10.5 Å². The van der Waals surface area contributed by atoms with Crippen molar-refractivity contribution in [1.29, 1.82) is 0 Å². The second kappa shape index (κ2) is 8.39. The van der Waals surface area contributed by atoms with E-state index < -0.39 is 4.92 Å². The molecule has 0 aliphatic heterocycles. The molecule has 1 aromatic heterocycles. The van der Waals surface area contributed by atoms with Gasteiger partial charge in [0.15, 0.2) is 0 Å². The fourth-order valence-electron chi connectivity index (χ4n) is 2.57. The molecule has 8 nitrogen and oxygen atoms in total. The molecule has 1 amide bonds. The predicted molar refractivity (Wildman–Crippen MR) is 95.1 cm³/mol. The van der Waals surface area contributed by atoms with Crippen molar-refractivity contribution in [2.24, 2.45) is 12.8 Å². The number of benzene rings is 1. The van der Waals surface area contributed by atoms with Gasteiger partial charge in [0.2, 0.25) is 0 Å².